The molecule has 9 heteroatoms. The van der Waals surface area contributed by atoms with Crippen LogP contribution in [0.25, 0.3) is 0 Å². The van der Waals surface area contributed by atoms with Crippen molar-refractivity contribution >= 4 is 33.0 Å². The molecule has 0 fully saturated rings. The summed E-state index contributed by atoms with van der Waals surface area (Å²) < 4.78 is 51.0. The van der Waals surface area contributed by atoms with E-state index < -0.39 is 32.7 Å². The number of hydrogen-bond acceptors (Lipinski definition) is 5. The average molecular weight is 293 g/mol. The summed E-state index contributed by atoms with van der Waals surface area (Å²) in [5.74, 6) is -2.62. The third-order valence-electron chi connectivity index (χ3n) is 0.552. The Balaban J connectivity index is 4.02. The van der Waals surface area contributed by atoms with Crippen LogP contribution in [-0.2, 0) is 18.8 Å². The van der Waals surface area contributed by atoms with Crippen LogP contribution < -0.4 is 0 Å². The molecule has 0 radical (unpaired) electrons. The van der Waals surface area contributed by atoms with Crippen LogP contribution in [0.15, 0.2) is 0 Å². The molecule has 0 aromatic rings. The van der Waals surface area contributed by atoms with Crippen molar-refractivity contribution in [3.8, 4) is 0 Å². The summed E-state index contributed by atoms with van der Waals surface area (Å²) in [6, 6.07) is 0. The minimum atomic E-state index is -5.22. The Morgan fingerprint density at radius 3 is 2.25 bits per heavy atom. The zero-order valence-electron chi connectivity index (χ0n) is 5.25. The number of halogens is 3. The van der Waals surface area contributed by atoms with E-state index in [1.807, 2.05) is 0 Å². The fourth-order valence-corrected chi connectivity index (χ4v) is 1.32. The van der Waals surface area contributed by atoms with Gasteiger partial charge < -0.3 is 0 Å². The van der Waals surface area contributed by atoms with Crippen molar-refractivity contribution in [1.29, 1.82) is 0 Å². The van der Waals surface area contributed by atoms with E-state index in [2.05, 4.69) is 6.15 Å². The molecule has 0 bridgehead atoms. The SMILES string of the molecule is O=C[O][Sn](=[O])[O]C(=O)C(F)(F)F. The van der Waals surface area contributed by atoms with E-state index in [9.17, 15) is 25.8 Å². The second kappa shape index (κ2) is 4.38. The Morgan fingerprint density at radius 2 is 1.92 bits per heavy atom. The summed E-state index contributed by atoms with van der Waals surface area (Å²) in [5.41, 5.74) is 0. The Bertz CT molecular complexity index is 210. The van der Waals surface area contributed by atoms with Crippen LogP contribution in [0.5, 0.6) is 0 Å². The van der Waals surface area contributed by atoms with Gasteiger partial charge in [-0.15, -0.1) is 0 Å². The molecule has 0 aliphatic heterocycles. The monoisotopic (exact) mass is 294 g/mol. The quantitative estimate of drug-likeness (QED) is 0.527. The summed E-state index contributed by atoms with van der Waals surface area (Å²) in [7, 11) is 0. The van der Waals surface area contributed by atoms with Gasteiger partial charge in [0.15, 0.2) is 0 Å². The molecule has 0 aliphatic rings. The summed E-state index contributed by atoms with van der Waals surface area (Å²) in [6.45, 7) is -0.342. The van der Waals surface area contributed by atoms with Gasteiger partial charge in [0.1, 0.15) is 0 Å². The Kier molecular flexibility index (Phi) is 4.13. The predicted octanol–water partition coefficient (Wildman–Crippen LogP) is -0.320. The van der Waals surface area contributed by atoms with Crippen molar-refractivity contribution in [3.63, 3.8) is 0 Å². The molecular formula is C3HF3O5Sn. The predicted molar refractivity (Wildman–Crippen MR) is 25.7 cm³/mol. The van der Waals surface area contributed by atoms with Crippen LogP contribution in [0.3, 0.4) is 0 Å². The summed E-state index contributed by atoms with van der Waals surface area (Å²) >= 11 is -4.57. The molecule has 12 heavy (non-hydrogen) atoms. The summed E-state index contributed by atoms with van der Waals surface area (Å²) in [4.78, 5) is 19.3. The second-order valence-electron chi connectivity index (χ2n) is 1.35. The summed E-state index contributed by atoms with van der Waals surface area (Å²) in [6.07, 6.45) is -5.22. The zero-order valence-corrected chi connectivity index (χ0v) is 8.11. The molecule has 0 saturated heterocycles. The number of carbonyl (C=O) groups excluding carboxylic acids is 2. The van der Waals surface area contributed by atoms with E-state index in [0.717, 1.165) is 0 Å². The van der Waals surface area contributed by atoms with Crippen LogP contribution in [0.4, 0.5) is 13.2 Å². The average Bonchev–Trinajstić information content (AvgIpc) is 1.85. The number of carbonyl (C=O) groups is 2. The first kappa shape index (κ1) is 11.3. The van der Waals surface area contributed by atoms with Crippen molar-refractivity contribution in [1.82, 2.24) is 0 Å². The molecule has 0 aromatic heterocycles. The van der Waals surface area contributed by atoms with Crippen LogP contribution in [0, 0.1) is 0 Å². The molecule has 0 spiro atoms. The van der Waals surface area contributed by atoms with Gasteiger partial charge in [-0.05, 0) is 0 Å². The first-order valence-corrected chi connectivity index (χ1v) is 5.80. The third kappa shape index (κ3) is 4.26. The van der Waals surface area contributed by atoms with Gasteiger partial charge in [-0.1, -0.05) is 0 Å². The van der Waals surface area contributed by atoms with Crippen molar-refractivity contribution in [2.75, 3.05) is 0 Å². The summed E-state index contributed by atoms with van der Waals surface area (Å²) in [5, 5.41) is 0. The fraction of sp³-hybridized carbons (Fsp3) is 0.333. The first-order chi connectivity index (χ1) is 5.38. The van der Waals surface area contributed by atoms with Gasteiger partial charge in [0, 0.05) is 0 Å². The van der Waals surface area contributed by atoms with E-state index in [4.69, 9.17) is 0 Å². The van der Waals surface area contributed by atoms with Crippen molar-refractivity contribution < 1.29 is 32.0 Å². The number of rotatable bonds is 3. The van der Waals surface area contributed by atoms with Crippen LogP contribution in [0.2, 0.25) is 0 Å². The number of alkyl halides is 3. The van der Waals surface area contributed by atoms with Crippen LogP contribution in [-0.4, -0.2) is 39.2 Å². The molecule has 0 aromatic carbocycles. The maximum absolute atomic E-state index is 11.3. The van der Waals surface area contributed by atoms with Gasteiger partial charge in [0.2, 0.25) is 0 Å². The molecule has 0 aliphatic carbocycles. The Hall–Kier alpha value is -0.671. The van der Waals surface area contributed by atoms with E-state index in [1.54, 1.807) is 0 Å². The van der Waals surface area contributed by atoms with E-state index in [0.29, 0.717) is 0 Å². The minimum absolute atomic E-state index is 0.342. The molecule has 0 N–H and O–H groups in total. The third-order valence-corrected chi connectivity index (χ3v) is 2.38. The van der Waals surface area contributed by atoms with Crippen molar-refractivity contribution in [2.24, 2.45) is 0 Å². The maximum atomic E-state index is 11.3. The van der Waals surface area contributed by atoms with Gasteiger partial charge in [-0.25, -0.2) is 0 Å². The van der Waals surface area contributed by atoms with Crippen LogP contribution >= 0.6 is 0 Å². The van der Waals surface area contributed by atoms with Gasteiger partial charge in [-0.2, -0.15) is 0 Å². The number of hydrogen-bond donors (Lipinski definition) is 0. The molecule has 0 saturated carbocycles. The molecule has 0 amide bonds. The van der Waals surface area contributed by atoms with Crippen molar-refractivity contribution in [3.05, 3.63) is 0 Å². The standard InChI is InChI=1S/C2HF3O2.CH2O2.O.Sn/c3-2(4,5)1(6)7;2-1-3;;/h(H,6,7);1H,(H,2,3);;/q;;;+2/p-2. The fourth-order valence-electron chi connectivity index (χ4n) is 0.197. The van der Waals surface area contributed by atoms with Gasteiger partial charge in [0.25, 0.3) is 0 Å². The Morgan fingerprint density at radius 1 is 1.42 bits per heavy atom. The first-order valence-electron chi connectivity index (χ1n) is 2.31. The normalized spacial score (nSPS) is 10.2. The van der Waals surface area contributed by atoms with Crippen molar-refractivity contribution in [2.45, 2.75) is 6.18 Å². The van der Waals surface area contributed by atoms with Gasteiger partial charge >= 0.3 is 71.2 Å². The second-order valence-corrected chi connectivity index (χ2v) is 4.03. The van der Waals surface area contributed by atoms with E-state index >= 15 is 0 Å². The van der Waals surface area contributed by atoms with Gasteiger partial charge in [0.05, 0.1) is 0 Å². The molecule has 5 nitrogen and oxygen atoms in total. The molecule has 0 unspecified atom stereocenters. The van der Waals surface area contributed by atoms with E-state index in [-0.39, 0.29) is 6.47 Å². The Labute approximate surface area is 71.6 Å². The van der Waals surface area contributed by atoms with Gasteiger partial charge in [-0.3, -0.25) is 0 Å². The molecule has 0 atom stereocenters. The zero-order chi connectivity index (χ0) is 9.78. The molecule has 0 rings (SSSR count). The topological polar surface area (TPSA) is 69.7 Å². The van der Waals surface area contributed by atoms with E-state index in [1.165, 1.54) is 0 Å². The molecule has 0 heterocycles. The molecular weight excluding hydrogens is 292 g/mol. The molecule has 68 valence electrons. The van der Waals surface area contributed by atoms with Crippen LogP contribution in [0.1, 0.15) is 0 Å².